The van der Waals surface area contributed by atoms with Crippen molar-refractivity contribution in [3.05, 3.63) is 72.0 Å². The molecule has 4 heterocycles. The summed E-state index contributed by atoms with van der Waals surface area (Å²) in [5.74, 6) is 0.504. The number of hydrogen-bond donors (Lipinski definition) is 0. The quantitative estimate of drug-likeness (QED) is 0.725. The Kier molecular flexibility index (Phi) is 4.20. The smallest absolute Gasteiger partial charge is 0.278 e. The standard InChI is InChI=1S/C21H20FN5O3/c1-14-3-6-19(25-26(14)2)27-12-15-9-18(11-24-20(15)21(27)28)30-13-16-4-5-17(10-23-16)29-8-7-22/h3-6,9-11H,1,7-8,12-13H2,2H3/i7D2,8D2. The molecule has 2 aromatic heterocycles. The van der Waals surface area contributed by atoms with Crippen LogP contribution < -0.4 is 9.47 Å². The Morgan fingerprint density at radius 3 is 2.80 bits per heavy atom. The Hall–Kier alpha value is -3.75. The molecule has 154 valence electrons. The molecule has 9 heteroatoms. The number of allylic oxidation sites excluding steroid dienone is 1. The van der Waals surface area contributed by atoms with Gasteiger partial charge in [-0.15, -0.1) is 0 Å². The predicted octanol–water partition coefficient (Wildman–Crippen LogP) is 2.69. The van der Waals surface area contributed by atoms with E-state index >= 15 is 0 Å². The molecular formula is C21H20FN5O3. The number of rotatable bonds is 6. The molecule has 0 bridgehead atoms. The zero-order chi connectivity index (χ0) is 24.7. The van der Waals surface area contributed by atoms with Crippen molar-refractivity contribution in [2.45, 2.75) is 13.2 Å². The number of amides is 1. The summed E-state index contributed by atoms with van der Waals surface area (Å²) in [5.41, 5.74) is 2.17. The summed E-state index contributed by atoms with van der Waals surface area (Å²) in [6, 6.07) is 4.52. The SMILES string of the molecule is [2H]C([2H])(F)C([2H])([2H])Oc1ccc(COc2cnc3c(c2)CN(C2=NN(C)C(=C)C=C2)C3=O)nc1. The lowest BCUT2D eigenvalue weighted by Gasteiger charge is -2.23. The first-order chi connectivity index (χ1) is 15.9. The number of amidine groups is 1. The van der Waals surface area contributed by atoms with Crippen molar-refractivity contribution < 1.29 is 24.1 Å². The number of carbonyl (C=O) groups excluding carboxylic acids is 1. The second-order valence-electron chi connectivity index (χ2n) is 6.45. The van der Waals surface area contributed by atoms with E-state index in [9.17, 15) is 9.18 Å². The number of pyridine rings is 2. The average Bonchev–Trinajstić information content (AvgIpc) is 3.10. The second kappa shape index (κ2) is 8.32. The van der Waals surface area contributed by atoms with Gasteiger partial charge >= 0.3 is 0 Å². The van der Waals surface area contributed by atoms with Gasteiger partial charge in [-0.3, -0.25) is 19.7 Å². The van der Waals surface area contributed by atoms with Gasteiger partial charge < -0.3 is 9.47 Å². The van der Waals surface area contributed by atoms with Crippen molar-refractivity contribution >= 4 is 11.7 Å². The molecule has 1 amide bonds. The topological polar surface area (TPSA) is 80.2 Å². The summed E-state index contributed by atoms with van der Waals surface area (Å²) in [5, 5.41) is 5.93. The number of nitrogens with zero attached hydrogens (tertiary/aromatic N) is 5. The van der Waals surface area contributed by atoms with Crippen LogP contribution in [0.5, 0.6) is 11.5 Å². The molecular weight excluding hydrogens is 389 g/mol. The number of halogens is 1. The van der Waals surface area contributed by atoms with Gasteiger partial charge in [-0.2, -0.15) is 5.10 Å². The van der Waals surface area contributed by atoms with Gasteiger partial charge in [0.2, 0.25) is 0 Å². The van der Waals surface area contributed by atoms with Crippen LogP contribution in [0.3, 0.4) is 0 Å². The molecule has 0 spiro atoms. The normalized spacial score (nSPS) is 18.3. The molecule has 0 aromatic carbocycles. The number of hydrazone groups is 1. The highest BCUT2D eigenvalue weighted by atomic mass is 19.1. The number of aromatic nitrogens is 2. The van der Waals surface area contributed by atoms with Crippen LogP contribution in [0.25, 0.3) is 0 Å². The van der Waals surface area contributed by atoms with Gasteiger partial charge in [-0.05, 0) is 30.4 Å². The van der Waals surface area contributed by atoms with Crippen LogP contribution >= 0.6 is 0 Å². The number of fused-ring (bicyclic) bond motifs is 1. The van der Waals surface area contributed by atoms with Gasteiger partial charge in [0.1, 0.15) is 37.0 Å². The van der Waals surface area contributed by atoms with E-state index in [-0.39, 0.29) is 24.8 Å². The highest BCUT2D eigenvalue weighted by Gasteiger charge is 2.32. The zero-order valence-electron chi connectivity index (χ0n) is 20.0. The Balaban J connectivity index is 1.39. The van der Waals surface area contributed by atoms with E-state index in [1.54, 1.807) is 30.3 Å². The van der Waals surface area contributed by atoms with Gasteiger partial charge in [0.05, 0.1) is 35.8 Å². The van der Waals surface area contributed by atoms with Crippen molar-refractivity contribution in [1.82, 2.24) is 19.9 Å². The first kappa shape index (κ1) is 15.1. The largest absolute Gasteiger partial charge is 0.489 e. The van der Waals surface area contributed by atoms with E-state index in [0.717, 1.165) is 6.20 Å². The van der Waals surface area contributed by atoms with Crippen molar-refractivity contribution in [2.24, 2.45) is 5.10 Å². The minimum Gasteiger partial charge on any atom is -0.489 e. The Labute approximate surface area is 178 Å². The molecule has 0 fully saturated rings. The van der Waals surface area contributed by atoms with Crippen molar-refractivity contribution in [3.63, 3.8) is 0 Å². The summed E-state index contributed by atoms with van der Waals surface area (Å²) in [4.78, 5) is 22.5. The molecule has 0 aliphatic carbocycles. The fraction of sp³-hybridized carbons (Fsp3) is 0.238. The van der Waals surface area contributed by atoms with E-state index in [1.165, 1.54) is 23.2 Å². The summed E-state index contributed by atoms with van der Waals surface area (Å²) >= 11 is 0. The third-order valence-corrected chi connectivity index (χ3v) is 4.48. The number of carbonyl (C=O) groups is 1. The molecule has 0 radical (unpaired) electrons. The van der Waals surface area contributed by atoms with E-state index < -0.39 is 13.2 Å². The molecule has 2 aliphatic heterocycles. The summed E-state index contributed by atoms with van der Waals surface area (Å²) in [6.45, 7) is -2.68. The Bertz CT molecular complexity index is 1200. The average molecular weight is 413 g/mol. The number of alkyl halides is 1. The van der Waals surface area contributed by atoms with E-state index in [2.05, 4.69) is 21.6 Å². The molecule has 8 nitrogen and oxygen atoms in total. The van der Waals surface area contributed by atoms with Gasteiger partial charge in [0, 0.05) is 12.6 Å². The number of likely N-dealkylation sites (N-methyl/N-ethyl adjacent to an activating group) is 1. The van der Waals surface area contributed by atoms with Crippen molar-refractivity contribution in [3.8, 4) is 11.5 Å². The number of ether oxygens (including phenoxy) is 2. The maximum Gasteiger partial charge on any atom is 0.278 e. The van der Waals surface area contributed by atoms with E-state index in [1.807, 2.05) is 0 Å². The zero-order valence-corrected chi connectivity index (χ0v) is 16.0. The Morgan fingerprint density at radius 1 is 1.23 bits per heavy atom. The molecule has 0 saturated heterocycles. The maximum absolute atomic E-state index is 13.3. The first-order valence-corrected chi connectivity index (χ1v) is 8.90. The minimum absolute atomic E-state index is 0.0393. The third kappa shape index (κ3) is 4.00. The van der Waals surface area contributed by atoms with Crippen LogP contribution in [0, 0.1) is 0 Å². The van der Waals surface area contributed by atoms with Crippen molar-refractivity contribution in [2.75, 3.05) is 20.2 Å². The first-order valence-electron chi connectivity index (χ1n) is 10.9. The molecule has 4 rings (SSSR count). The molecule has 2 aromatic rings. The summed E-state index contributed by atoms with van der Waals surface area (Å²) < 4.78 is 52.1. The van der Waals surface area contributed by atoms with Gasteiger partial charge in [-0.1, -0.05) is 6.58 Å². The minimum atomic E-state index is -3.68. The Morgan fingerprint density at radius 2 is 2.07 bits per heavy atom. The lowest BCUT2D eigenvalue weighted by Crippen LogP contribution is -2.33. The molecule has 0 saturated carbocycles. The van der Waals surface area contributed by atoms with Crippen LogP contribution in [-0.2, 0) is 13.2 Å². The molecule has 0 N–H and O–H groups in total. The maximum atomic E-state index is 13.3. The van der Waals surface area contributed by atoms with Crippen LogP contribution in [0.4, 0.5) is 4.39 Å². The highest BCUT2D eigenvalue weighted by molar-refractivity contribution is 6.12. The van der Waals surface area contributed by atoms with Crippen LogP contribution in [-0.4, -0.2) is 51.9 Å². The monoisotopic (exact) mass is 413 g/mol. The van der Waals surface area contributed by atoms with E-state index in [0.29, 0.717) is 34.2 Å². The molecule has 0 atom stereocenters. The van der Waals surface area contributed by atoms with Gasteiger partial charge in [-0.25, -0.2) is 9.37 Å². The lowest BCUT2D eigenvalue weighted by molar-refractivity contribution is 0.0860. The van der Waals surface area contributed by atoms with Gasteiger partial charge in [0.25, 0.3) is 5.91 Å². The molecule has 0 unspecified atom stereocenters. The summed E-state index contributed by atoms with van der Waals surface area (Å²) in [7, 11) is 1.74. The summed E-state index contributed by atoms with van der Waals surface area (Å²) in [6.07, 6.45) is 6.06. The van der Waals surface area contributed by atoms with E-state index in [4.69, 9.17) is 15.0 Å². The van der Waals surface area contributed by atoms with Gasteiger partial charge in [0.15, 0.2) is 5.84 Å². The molecule has 30 heavy (non-hydrogen) atoms. The van der Waals surface area contributed by atoms with Crippen molar-refractivity contribution in [1.29, 1.82) is 0 Å². The fourth-order valence-electron chi connectivity index (χ4n) is 2.90. The lowest BCUT2D eigenvalue weighted by atomic mass is 10.2. The fourth-order valence-corrected chi connectivity index (χ4v) is 2.90. The van der Waals surface area contributed by atoms with Crippen LogP contribution in [0.15, 0.2) is 60.1 Å². The van der Waals surface area contributed by atoms with Crippen LogP contribution in [0.1, 0.15) is 27.2 Å². The predicted molar refractivity (Wildman–Crippen MR) is 108 cm³/mol. The van der Waals surface area contributed by atoms with Crippen LogP contribution in [0.2, 0.25) is 0 Å². The highest BCUT2D eigenvalue weighted by Crippen LogP contribution is 2.26. The molecule has 2 aliphatic rings. The second-order valence-corrected chi connectivity index (χ2v) is 6.45. The number of hydrogen-bond acceptors (Lipinski definition) is 7. The third-order valence-electron chi connectivity index (χ3n) is 4.48.